The third-order valence-corrected chi connectivity index (χ3v) is 2.89. The van der Waals surface area contributed by atoms with Crippen LogP contribution in [0.25, 0.3) is 0 Å². The molecule has 0 fully saturated rings. The number of aromatic nitrogens is 3. The van der Waals surface area contributed by atoms with Crippen molar-refractivity contribution in [2.45, 2.75) is 31.9 Å². The molecule has 5 heteroatoms. The molecule has 0 aliphatic heterocycles. The van der Waals surface area contributed by atoms with E-state index in [4.69, 9.17) is 10.5 Å². The highest BCUT2D eigenvalue weighted by Gasteiger charge is 2.32. The lowest BCUT2D eigenvalue weighted by Gasteiger charge is -2.32. The molecule has 2 N–H and O–H groups in total. The second-order valence-electron chi connectivity index (χ2n) is 3.63. The molecule has 5 nitrogen and oxygen atoms in total. The summed E-state index contributed by atoms with van der Waals surface area (Å²) in [6, 6.07) is -0.211. The van der Waals surface area contributed by atoms with Crippen LogP contribution < -0.4 is 5.73 Å². The van der Waals surface area contributed by atoms with Gasteiger partial charge in [0.05, 0.1) is 23.5 Å². The molecule has 0 saturated carbocycles. The predicted molar refractivity (Wildman–Crippen MR) is 53.6 cm³/mol. The van der Waals surface area contributed by atoms with Crippen molar-refractivity contribution in [3.63, 3.8) is 0 Å². The van der Waals surface area contributed by atoms with Gasteiger partial charge in [-0.25, -0.2) is 0 Å². The van der Waals surface area contributed by atoms with Crippen LogP contribution in [0.5, 0.6) is 0 Å². The van der Waals surface area contributed by atoms with Gasteiger partial charge in [-0.2, -0.15) is 0 Å². The summed E-state index contributed by atoms with van der Waals surface area (Å²) in [5.41, 5.74) is 6.63. The zero-order valence-corrected chi connectivity index (χ0v) is 9.19. The Bertz CT molecular complexity index is 293. The van der Waals surface area contributed by atoms with Gasteiger partial charge in [0.2, 0.25) is 0 Å². The van der Waals surface area contributed by atoms with Crippen LogP contribution in [-0.2, 0) is 11.8 Å². The molecule has 14 heavy (non-hydrogen) atoms. The molecule has 0 aromatic carbocycles. The fraction of sp³-hybridized carbons (Fsp3) is 0.778. The van der Waals surface area contributed by atoms with E-state index in [9.17, 15) is 0 Å². The Morgan fingerprint density at radius 2 is 2.36 bits per heavy atom. The molecule has 1 heterocycles. The molecule has 0 aliphatic rings. The van der Waals surface area contributed by atoms with E-state index < -0.39 is 0 Å². The Morgan fingerprint density at radius 1 is 1.71 bits per heavy atom. The van der Waals surface area contributed by atoms with Crippen molar-refractivity contribution in [3.05, 3.63) is 11.9 Å². The van der Waals surface area contributed by atoms with Crippen molar-refractivity contribution >= 4 is 0 Å². The lowest BCUT2D eigenvalue weighted by Crippen LogP contribution is -2.40. The molecule has 0 aliphatic carbocycles. The Hall–Kier alpha value is -0.940. The van der Waals surface area contributed by atoms with Crippen LogP contribution in [-0.4, -0.2) is 27.7 Å². The topological polar surface area (TPSA) is 66.0 Å². The Morgan fingerprint density at radius 3 is 2.71 bits per heavy atom. The first-order chi connectivity index (χ1) is 6.55. The summed E-state index contributed by atoms with van der Waals surface area (Å²) in [4.78, 5) is 0. The maximum absolute atomic E-state index is 6.11. The second-order valence-corrected chi connectivity index (χ2v) is 3.63. The smallest absolute Gasteiger partial charge is 0.0855 e. The van der Waals surface area contributed by atoms with E-state index in [0.717, 1.165) is 12.1 Å². The monoisotopic (exact) mass is 198 g/mol. The van der Waals surface area contributed by atoms with E-state index in [2.05, 4.69) is 10.3 Å². The van der Waals surface area contributed by atoms with Gasteiger partial charge in [0.15, 0.2) is 0 Å². The number of rotatable bonds is 4. The van der Waals surface area contributed by atoms with Gasteiger partial charge < -0.3 is 10.5 Å². The average Bonchev–Trinajstić information content (AvgIpc) is 2.62. The molecule has 0 bridgehead atoms. The highest BCUT2D eigenvalue weighted by atomic mass is 16.5. The van der Waals surface area contributed by atoms with Crippen LogP contribution >= 0.6 is 0 Å². The van der Waals surface area contributed by atoms with E-state index in [1.54, 1.807) is 18.0 Å². The maximum atomic E-state index is 6.11. The molecule has 1 aromatic rings. The van der Waals surface area contributed by atoms with Gasteiger partial charge in [0.1, 0.15) is 0 Å². The van der Waals surface area contributed by atoms with Gasteiger partial charge in [-0.15, -0.1) is 5.10 Å². The number of hydrogen-bond donors (Lipinski definition) is 1. The molecule has 0 saturated heterocycles. The summed E-state index contributed by atoms with van der Waals surface area (Å²) in [7, 11) is 3.50. The first kappa shape index (κ1) is 11.1. The Labute approximate surface area is 84.2 Å². The summed E-state index contributed by atoms with van der Waals surface area (Å²) in [5.74, 6) is 0. The molecule has 2 unspecified atom stereocenters. The van der Waals surface area contributed by atoms with Crippen molar-refractivity contribution in [1.82, 2.24) is 15.0 Å². The van der Waals surface area contributed by atoms with Gasteiger partial charge in [0, 0.05) is 14.2 Å². The Kier molecular flexibility index (Phi) is 3.23. The number of nitrogens with zero attached hydrogens (tertiary/aromatic N) is 3. The number of nitrogens with two attached hydrogens (primary N) is 1. The van der Waals surface area contributed by atoms with E-state index >= 15 is 0 Å². The van der Waals surface area contributed by atoms with Gasteiger partial charge in [-0.3, -0.25) is 4.68 Å². The van der Waals surface area contributed by atoms with Gasteiger partial charge in [0.25, 0.3) is 0 Å². The van der Waals surface area contributed by atoms with Crippen LogP contribution in [0, 0.1) is 0 Å². The number of ether oxygens (including phenoxy) is 1. The Balaban J connectivity index is 2.94. The van der Waals surface area contributed by atoms with Crippen LogP contribution in [0.4, 0.5) is 0 Å². The lowest BCUT2D eigenvalue weighted by molar-refractivity contribution is -0.0213. The molecular weight excluding hydrogens is 180 g/mol. The molecule has 1 aromatic heterocycles. The SMILES string of the molecule is CCC(C)(OC)C(N)c1cnnn1C. The highest BCUT2D eigenvalue weighted by molar-refractivity contribution is 5.07. The molecule has 0 amide bonds. The molecule has 80 valence electrons. The first-order valence-corrected chi connectivity index (χ1v) is 4.70. The van der Waals surface area contributed by atoms with Crippen molar-refractivity contribution in [1.29, 1.82) is 0 Å². The minimum Gasteiger partial charge on any atom is -0.376 e. The minimum absolute atomic E-state index is 0.211. The van der Waals surface area contributed by atoms with E-state index in [-0.39, 0.29) is 11.6 Å². The largest absolute Gasteiger partial charge is 0.376 e. The van der Waals surface area contributed by atoms with E-state index in [1.165, 1.54) is 0 Å². The standard InChI is InChI=1S/C9H18N4O/c1-5-9(2,14-4)8(10)7-6-11-12-13(7)3/h6,8H,5,10H2,1-4H3. The van der Waals surface area contributed by atoms with Gasteiger partial charge in [-0.05, 0) is 13.3 Å². The highest BCUT2D eigenvalue weighted by Crippen LogP contribution is 2.28. The second kappa shape index (κ2) is 4.06. The maximum Gasteiger partial charge on any atom is 0.0855 e. The number of aryl methyl sites for hydroxylation is 1. The summed E-state index contributed by atoms with van der Waals surface area (Å²) in [5, 5.41) is 7.65. The van der Waals surface area contributed by atoms with Crippen molar-refractivity contribution in [2.24, 2.45) is 12.8 Å². The van der Waals surface area contributed by atoms with Crippen LogP contribution in [0.2, 0.25) is 0 Å². The van der Waals surface area contributed by atoms with Crippen LogP contribution in [0.3, 0.4) is 0 Å². The predicted octanol–water partition coefficient (Wildman–Crippen LogP) is 0.630. The van der Waals surface area contributed by atoms with Crippen molar-refractivity contribution in [3.8, 4) is 0 Å². The quantitative estimate of drug-likeness (QED) is 0.770. The number of hydrogen-bond acceptors (Lipinski definition) is 4. The third-order valence-electron chi connectivity index (χ3n) is 2.89. The molecular formula is C9H18N4O. The van der Waals surface area contributed by atoms with Crippen molar-refractivity contribution < 1.29 is 4.74 Å². The first-order valence-electron chi connectivity index (χ1n) is 4.70. The normalized spacial score (nSPS) is 17.8. The van der Waals surface area contributed by atoms with Crippen molar-refractivity contribution in [2.75, 3.05) is 7.11 Å². The lowest BCUT2D eigenvalue weighted by atomic mass is 9.92. The van der Waals surface area contributed by atoms with Crippen LogP contribution in [0.1, 0.15) is 32.0 Å². The zero-order chi connectivity index (χ0) is 10.8. The molecule has 0 radical (unpaired) electrons. The van der Waals surface area contributed by atoms with E-state index in [1.807, 2.05) is 20.9 Å². The summed E-state index contributed by atoms with van der Waals surface area (Å²) in [6.45, 7) is 4.04. The fourth-order valence-corrected chi connectivity index (χ4v) is 1.38. The number of methoxy groups -OCH3 is 1. The molecule has 0 spiro atoms. The van der Waals surface area contributed by atoms with Gasteiger partial charge >= 0.3 is 0 Å². The van der Waals surface area contributed by atoms with Gasteiger partial charge in [-0.1, -0.05) is 12.1 Å². The summed E-state index contributed by atoms with van der Waals surface area (Å²) in [6.07, 6.45) is 2.52. The summed E-state index contributed by atoms with van der Waals surface area (Å²) < 4.78 is 7.11. The summed E-state index contributed by atoms with van der Waals surface area (Å²) >= 11 is 0. The minimum atomic E-state index is -0.366. The molecule has 1 rings (SSSR count). The van der Waals surface area contributed by atoms with Crippen LogP contribution in [0.15, 0.2) is 6.20 Å². The zero-order valence-electron chi connectivity index (χ0n) is 9.19. The van der Waals surface area contributed by atoms with E-state index in [0.29, 0.717) is 0 Å². The third kappa shape index (κ3) is 1.78. The fourth-order valence-electron chi connectivity index (χ4n) is 1.38. The molecule has 2 atom stereocenters. The average molecular weight is 198 g/mol.